The zero-order valence-electron chi connectivity index (χ0n) is 18.2. The standard InChI is InChI=1S/C23H28FN5O2/c1-4-21(30)26-18-8-6-10-28(13-18)14-22(31)27-23-20(12-25)15(2)16(3)29(23)19-9-5-7-17(24)11-19/h5,7,9,11,18H,4,6,8,10,13-14H2,1-3H3,(H,26,30)(H,27,31). The molecule has 1 saturated heterocycles. The number of aromatic nitrogens is 1. The van der Waals surface area contributed by atoms with Gasteiger partial charge in [-0.1, -0.05) is 13.0 Å². The number of piperidine rings is 1. The molecule has 3 rings (SSSR count). The molecule has 1 aromatic carbocycles. The fourth-order valence-corrected chi connectivity index (χ4v) is 4.02. The van der Waals surface area contributed by atoms with Gasteiger partial charge in [0, 0.05) is 24.7 Å². The Morgan fingerprint density at radius 2 is 2.06 bits per heavy atom. The van der Waals surface area contributed by atoms with Crippen LogP contribution in [0.15, 0.2) is 24.3 Å². The van der Waals surface area contributed by atoms with Gasteiger partial charge < -0.3 is 10.6 Å². The van der Waals surface area contributed by atoms with Gasteiger partial charge in [0.2, 0.25) is 11.8 Å². The molecular weight excluding hydrogens is 397 g/mol. The Kier molecular flexibility index (Phi) is 7.08. The first-order valence-corrected chi connectivity index (χ1v) is 10.5. The van der Waals surface area contributed by atoms with Crippen molar-refractivity contribution in [3.63, 3.8) is 0 Å². The number of carbonyl (C=O) groups is 2. The summed E-state index contributed by atoms with van der Waals surface area (Å²) in [4.78, 5) is 26.6. The SMILES string of the molecule is CCC(=O)NC1CCCN(CC(=O)Nc2c(C#N)c(C)c(C)n2-c2cccc(F)c2)C1. The highest BCUT2D eigenvalue weighted by atomic mass is 19.1. The molecule has 164 valence electrons. The highest BCUT2D eigenvalue weighted by Crippen LogP contribution is 2.30. The number of rotatable bonds is 6. The van der Waals surface area contributed by atoms with E-state index < -0.39 is 5.82 Å². The molecule has 1 fully saturated rings. The van der Waals surface area contributed by atoms with E-state index in [1.54, 1.807) is 16.7 Å². The van der Waals surface area contributed by atoms with E-state index in [-0.39, 0.29) is 24.4 Å². The summed E-state index contributed by atoms with van der Waals surface area (Å²) in [6.45, 7) is 6.98. The Morgan fingerprint density at radius 3 is 2.74 bits per heavy atom. The molecule has 0 aliphatic carbocycles. The Labute approximate surface area is 181 Å². The summed E-state index contributed by atoms with van der Waals surface area (Å²) in [5.74, 6) is -0.295. The van der Waals surface area contributed by atoms with Crippen LogP contribution in [0.1, 0.15) is 43.0 Å². The Bertz CT molecular complexity index is 1020. The number of carbonyl (C=O) groups excluding carboxylic acids is 2. The summed E-state index contributed by atoms with van der Waals surface area (Å²) in [7, 11) is 0. The van der Waals surface area contributed by atoms with Crippen LogP contribution in [0.25, 0.3) is 5.69 Å². The van der Waals surface area contributed by atoms with Crippen LogP contribution in [0, 0.1) is 31.0 Å². The molecule has 1 aliphatic heterocycles. The van der Waals surface area contributed by atoms with Crippen LogP contribution in [0.5, 0.6) is 0 Å². The second-order valence-electron chi connectivity index (χ2n) is 7.90. The van der Waals surface area contributed by atoms with Crippen molar-refractivity contribution in [2.75, 3.05) is 25.0 Å². The van der Waals surface area contributed by atoms with Crippen molar-refractivity contribution in [3.05, 3.63) is 46.9 Å². The maximum Gasteiger partial charge on any atom is 0.239 e. The fraction of sp³-hybridized carbons (Fsp3) is 0.435. The molecule has 1 aliphatic rings. The van der Waals surface area contributed by atoms with Gasteiger partial charge >= 0.3 is 0 Å². The largest absolute Gasteiger partial charge is 0.352 e. The number of hydrogen-bond acceptors (Lipinski definition) is 4. The van der Waals surface area contributed by atoms with Crippen LogP contribution < -0.4 is 10.6 Å². The molecule has 2 heterocycles. The number of likely N-dealkylation sites (tertiary alicyclic amines) is 1. The fourth-order valence-electron chi connectivity index (χ4n) is 4.02. The maximum absolute atomic E-state index is 13.8. The van der Waals surface area contributed by atoms with E-state index in [4.69, 9.17) is 0 Å². The number of nitriles is 1. The van der Waals surface area contributed by atoms with Crippen molar-refractivity contribution in [1.82, 2.24) is 14.8 Å². The Balaban J connectivity index is 1.79. The highest BCUT2D eigenvalue weighted by molar-refractivity contribution is 5.93. The van der Waals surface area contributed by atoms with Gasteiger partial charge in [-0.2, -0.15) is 5.26 Å². The van der Waals surface area contributed by atoms with E-state index in [2.05, 4.69) is 16.7 Å². The third kappa shape index (κ3) is 5.12. The lowest BCUT2D eigenvalue weighted by Gasteiger charge is -2.32. The normalized spacial score (nSPS) is 16.5. The first-order chi connectivity index (χ1) is 14.8. The molecule has 7 nitrogen and oxygen atoms in total. The van der Waals surface area contributed by atoms with Gasteiger partial charge in [0.25, 0.3) is 0 Å². The van der Waals surface area contributed by atoms with Crippen LogP contribution in [-0.2, 0) is 9.59 Å². The lowest BCUT2D eigenvalue weighted by molar-refractivity contribution is -0.121. The first-order valence-electron chi connectivity index (χ1n) is 10.5. The van der Waals surface area contributed by atoms with E-state index in [0.29, 0.717) is 30.0 Å². The Hall–Kier alpha value is -3.18. The number of amides is 2. The number of benzene rings is 1. The molecule has 0 spiro atoms. The minimum absolute atomic E-state index is 0.00818. The monoisotopic (exact) mass is 425 g/mol. The average Bonchev–Trinajstić information content (AvgIpc) is 2.97. The molecule has 2 aromatic rings. The molecule has 2 amide bonds. The number of nitrogens with zero attached hydrogens (tertiary/aromatic N) is 3. The van der Waals surface area contributed by atoms with E-state index in [9.17, 15) is 19.2 Å². The molecule has 1 atom stereocenters. The van der Waals surface area contributed by atoms with Gasteiger partial charge in [-0.15, -0.1) is 0 Å². The van der Waals surface area contributed by atoms with Gasteiger partial charge in [0.1, 0.15) is 17.7 Å². The van der Waals surface area contributed by atoms with Crippen LogP contribution in [0.3, 0.4) is 0 Å². The van der Waals surface area contributed by atoms with Crippen LogP contribution in [0.2, 0.25) is 0 Å². The molecular formula is C23H28FN5O2. The zero-order chi connectivity index (χ0) is 22.5. The van der Waals surface area contributed by atoms with Crippen molar-refractivity contribution >= 4 is 17.6 Å². The maximum atomic E-state index is 13.8. The van der Waals surface area contributed by atoms with Gasteiger partial charge in [-0.05, 0) is 57.0 Å². The highest BCUT2D eigenvalue weighted by Gasteiger charge is 2.25. The topological polar surface area (TPSA) is 90.2 Å². The summed E-state index contributed by atoms with van der Waals surface area (Å²) in [6.07, 6.45) is 2.22. The first kappa shape index (κ1) is 22.5. The smallest absolute Gasteiger partial charge is 0.239 e. The zero-order valence-corrected chi connectivity index (χ0v) is 18.2. The van der Waals surface area contributed by atoms with Gasteiger partial charge in [-0.3, -0.25) is 19.1 Å². The van der Waals surface area contributed by atoms with Gasteiger partial charge in [-0.25, -0.2) is 4.39 Å². The molecule has 31 heavy (non-hydrogen) atoms. The molecule has 2 N–H and O–H groups in total. The average molecular weight is 426 g/mol. The summed E-state index contributed by atoms with van der Waals surface area (Å²) >= 11 is 0. The number of nitrogens with one attached hydrogen (secondary N) is 2. The predicted octanol–water partition coefficient (Wildman–Crippen LogP) is 3.03. The van der Waals surface area contributed by atoms with E-state index in [1.807, 2.05) is 25.7 Å². The third-order valence-corrected chi connectivity index (χ3v) is 5.71. The summed E-state index contributed by atoms with van der Waals surface area (Å²) in [5, 5.41) is 15.5. The summed E-state index contributed by atoms with van der Waals surface area (Å²) in [6, 6.07) is 8.24. The number of hydrogen-bond donors (Lipinski definition) is 2. The number of anilines is 1. The minimum atomic E-state index is -0.396. The van der Waals surface area contributed by atoms with E-state index in [0.717, 1.165) is 30.6 Å². The van der Waals surface area contributed by atoms with Crippen molar-refractivity contribution in [2.45, 2.75) is 46.1 Å². The van der Waals surface area contributed by atoms with Crippen molar-refractivity contribution in [1.29, 1.82) is 5.26 Å². The van der Waals surface area contributed by atoms with E-state index in [1.165, 1.54) is 12.1 Å². The molecule has 0 saturated carbocycles. The minimum Gasteiger partial charge on any atom is -0.352 e. The van der Waals surface area contributed by atoms with Crippen molar-refractivity contribution in [2.24, 2.45) is 0 Å². The van der Waals surface area contributed by atoms with Gasteiger partial charge in [0.05, 0.1) is 17.8 Å². The Morgan fingerprint density at radius 1 is 1.29 bits per heavy atom. The predicted molar refractivity (Wildman–Crippen MR) is 116 cm³/mol. The quantitative estimate of drug-likeness (QED) is 0.744. The van der Waals surface area contributed by atoms with Crippen LogP contribution in [0.4, 0.5) is 10.2 Å². The number of halogens is 1. The second kappa shape index (κ2) is 9.75. The molecule has 1 unspecified atom stereocenters. The molecule has 0 radical (unpaired) electrons. The lowest BCUT2D eigenvalue weighted by Crippen LogP contribution is -2.49. The third-order valence-electron chi connectivity index (χ3n) is 5.71. The molecule has 0 bridgehead atoms. The van der Waals surface area contributed by atoms with Crippen molar-refractivity contribution < 1.29 is 14.0 Å². The second-order valence-corrected chi connectivity index (χ2v) is 7.90. The van der Waals surface area contributed by atoms with Crippen LogP contribution >= 0.6 is 0 Å². The summed E-state index contributed by atoms with van der Waals surface area (Å²) < 4.78 is 15.5. The van der Waals surface area contributed by atoms with Crippen LogP contribution in [-0.4, -0.2) is 47.0 Å². The van der Waals surface area contributed by atoms with Crippen molar-refractivity contribution in [3.8, 4) is 11.8 Å². The lowest BCUT2D eigenvalue weighted by atomic mass is 10.1. The molecule has 1 aromatic heterocycles. The molecule has 8 heteroatoms. The van der Waals surface area contributed by atoms with Gasteiger partial charge in [0.15, 0.2) is 0 Å². The van der Waals surface area contributed by atoms with E-state index >= 15 is 0 Å². The summed E-state index contributed by atoms with van der Waals surface area (Å²) in [5.41, 5.74) is 2.40.